The van der Waals surface area contributed by atoms with Crippen molar-refractivity contribution in [1.82, 2.24) is 0 Å². The van der Waals surface area contributed by atoms with E-state index in [0.717, 1.165) is 16.7 Å². The van der Waals surface area contributed by atoms with E-state index in [2.05, 4.69) is 5.32 Å². The molecular formula is C17H19NO3. The molecule has 0 aromatic heterocycles. The first kappa shape index (κ1) is 15.2. The van der Waals surface area contributed by atoms with Gasteiger partial charge >= 0.3 is 0 Å². The van der Waals surface area contributed by atoms with E-state index in [1.54, 1.807) is 6.07 Å². The third kappa shape index (κ3) is 3.48. The molecule has 0 unspecified atom stereocenters. The Kier molecular flexibility index (Phi) is 4.73. The number of aliphatic hydroxyl groups excluding tert-OH is 2. The number of nitrogens with one attached hydrogen (secondary N) is 1. The van der Waals surface area contributed by atoms with Crippen molar-refractivity contribution in [2.75, 3.05) is 5.32 Å². The molecule has 0 saturated carbocycles. The summed E-state index contributed by atoms with van der Waals surface area (Å²) >= 11 is 0. The molecule has 0 spiro atoms. The first-order valence-electron chi connectivity index (χ1n) is 6.77. The predicted octanol–water partition coefficient (Wildman–Crippen LogP) is 2.61. The Balaban J connectivity index is 2.55. The fourth-order valence-corrected chi connectivity index (χ4v) is 2.26. The van der Waals surface area contributed by atoms with Gasteiger partial charge in [-0.2, -0.15) is 0 Å². The largest absolute Gasteiger partial charge is 0.392 e. The number of hydrogen-bond acceptors (Lipinski definition) is 3. The maximum atomic E-state index is 11.2. The molecule has 0 heterocycles. The van der Waals surface area contributed by atoms with Crippen LogP contribution >= 0.6 is 0 Å². The summed E-state index contributed by atoms with van der Waals surface area (Å²) in [6.07, 6.45) is 0. The van der Waals surface area contributed by atoms with Crippen LogP contribution in [-0.2, 0) is 18.0 Å². The molecule has 21 heavy (non-hydrogen) atoms. The fourth-order valence-electron chi connectivity index (χ4n) is 2.26. The summed E-state index contributed by atoms with van der Waals surface area (Å²) in [6.45, 7) is 3.10. The summed E-state index contributed by atoms with van der Waals surface area (Å²) in [5.41, 5.74) is 4.84. The van der Waals surface area contributed by atoms with Crippen molar-refractivity contribution in [3.63, 3.8) is 0 Å². The van der Waals surface area contributed by atoms with Crippen molar-refractivity contribution in [2.24, 2.45) is 0 Å². The topological polar surface area (TPSA) is 69.6 Å². The molecule has 2 rings (SSSR count). The summed E-state index contributed by atoms with van der Waals surface area (Å²) in [5, 5.41) is 21.8. The molecule has 0 aliphatic carbocycles. The molecule has 4 nitrogen and oxygen atoms in total. The van der Waals surface area contributed by atoms with Crippen molar-refractivity contribution < 1.29 is 15.0 Å². The maximum Gasteiger partial charge on any atom is 0.221 e. The lowest BCUT2D eigenvalue weighted by molar-refractivity contribution is -0.114. The van der Waals surface area contributed by atoms with E-state index >= 15 is 0 Å². The van der Waals surface area contributed by atoms with Gasteiger partial charge in [0.15, 0.2) is 0 Å². The standard InChI is InChI=1S/C17H19NO3/c1-11-3-5-13(6-4-11)16-7-15(10-20)17(18-12(2)21)8-14(16)9-19/h3-8,19-20H,9-10H2,1-2H3,(H,18,21). The van der Waals surface area contributed by atoms with Gasteiger partial charge < -0.3 is 15.5 Å². The molecule has 3 N–H and O–H groups in total. The third-order valence-electron chi connectivity index (χ3n) is 3.34. The van der Waals surface area contributed by atoms with Crippen LogP contribution in [0.25, 0.3) is 11.1 Å². The van der Waals surface area contributed by atoms with E-state index in [1.165, 1.54) is 6.92 Å². The number of aliphatic hydroxyl groups is 2. The lowest BCUT2D eigenvalue weighted by Gasteiger charge is -2.15. The summed E-state index contributed by atoms with van der Waals surface area (Å²) in [6, 6.07) is 11.5. The summed E-state index contributed by atoms with van der Waals surface area (Å²) in [4.78, 5) is 11.2. The van der Waals surface area contributed by atoms with Crippen LogP contribution in [0.5, 0.6) is 0 Å². The molecule has 0 saturated heterocycles. The number of rotatable bonds is 4. The second-order valence-electron chi connectivity index (χ2n) is 5.03. The summed E-state index contributed by atoms with van der Waals surface area (Å²) in [5.74, 6) is -0.211. The molecule has 110 valence electrons. The zero-order valence-corrected chi connectivity index (χ0v) is 12.2. The maximum absolute atomic E-state index is 11.2. The first-order chi connectivity index (χ1) is 10.0. The van der Waals surface area contributed by atoms with E-state index < -0.39 is 0 Å². The first-order valence-corrected chi connectivity index (χ1v) is 6.77. The van der Waals surface area contributed by atoms with Gasteiger partial charge in [0.2, 0.25) is 5.91 Å². The van der Waals surface area contributed by atoms with E-state index in [9.17, 15) is 15.0 Å². The van der Waals surface area contributed by atoms with Gasteiger partial charge in [0.25, 0.3) is 0 Å². The molecule has 0 aliphatic heterocycles. The second kappa shape index (κ2) is 6.52. The number of hydrogen-bond donors (Lipinski definition) is 3. The van der Waals surface area contributed by atoms with Gasteiger partial charge in [0.1, 0.15) is 0 Å². The van der Waals surface area contributed by atoms with Gasteiger partial charge in [-0.25, -0.2) is 0 Å². The van der Waals surface area contributed by atoms with Crippen molar-refractivity contribution in [1.29, 1.82) is 0 Å². The number of amides is 1. The highest BCUT2D eigenvalue weighted by molar-refractivity contribution is 5.90. The van der Waals surface area contributed by atoms with E-state index in [0.29, 0.717) is 16.8 Å². The molecule has 4 heteroatoms. The highest BCUT2D eigenvalue weighted by Crippen LogP contribution is 2.30. The number of anilines is 1. The van der Waals surface area contributed by atoms with Crippen LogP contribution in [-0.4, -0.2) is 16.1 Å². The number of carbonyl (C=O) groups is 1. The van der Waals surface area contributed by atoms with Gasteiger partial charge in [0, 0.05) is 18.2 Å². The van der Waals surface area contributed by atoms with Crippen LogP contribution in [0.3, 0.4) is 0 Å². The lowest BCUT2D eigenvalue weighted by Crippen LogP contribution is -2.09. The highest BCUT2D eigenvalue weighted by atomic mass is 16.3. The SMILES string of the molecule is CC(=O)Nc1cc(CO)c(-c2ccc(C)cc2)cc1CO. The average molecular weight is 285 g/mol. The summed E-state index contributed by atoms with van der Waals surface area (Å²) in [7, 11) is 0. The van der Waals surface area contributed by atoms with Crippen molar-refractivity contribution in [2.45, 2.75) is 27.1 Å². The number of benzene rings is 2. The normalized spacial score (nSPS) is 10.5. The molecule has 0 fully saturated rings. The quantitative estimate of drug-likeness (QED) is 0.808. The lowest BCUT2D eigenvalue weighted by atomic mass is 9.95. The minimum absolute atomic E-state index is 0.137. The Morgan fingerprint density at radius 2 is 1.67 bits per heavy atom. The molecule has 2 aromatic carbocycles. The highest BCUT2D eigenvalue weighted by Gasteiger charge is 2.11. The van der Waals surface area contributed by atoms with Crippen LogP contribution in [0.4, 0.5) is 5.69 Å². The minimum atomic E-state index is -0.211. The number of carbonyl (C=O) groups excluding carboxylic acids is 1. The fraction of sp³-hybridized carbons (Fsp3) is 0.235. The van der Waals surface area contributed by atoms with Crippen molar-refractivity contribution >= 4 is 11.6 Å². The zero-order chi connectivity index (χ0) is 15.4. The van der Waals surface area contributed by atoms with Crippen LogP contribution in [0.2, 0.25) is 0 Å². The van der Waals surface area contributed by atoms with E-state index in [1.807, 2.05) is 37.3 Å². The Morgan fingerprint density at radius 1 is 1.05 bits per heavy atom. The zero-order valence-electron chi connectivity index (χ0n) is 12.2. The van der Waals surface area contributed by atoms with E-state index in [-0.39, 0.29) is 19.1 Å². The Labute approximate surface area is 124 Å². The Bertz CT molecular complexity index is 648. The average Bonchev–Trinajstić information content (AvgIpc) is 2.47. The van der Waals surface area contributed by atoms with Crippen LogP contribution in [0, 0.1) is 6.92 Å². The van der Waals surface area contributed by atoms with Crippen LogP contribution in [0.1, 0.15) is 23.6 Å². The van der Waals surface area contributed by atoms with Crippen LogP contribution < -0.4 is 5.32 Å². The molecule has 2 aromatic rings. The van der Waals surface area contributed by atoms with Gasteiger partial charge in [-0.3, -0.25) is 4.79 Å². The monoisotopic (exact) mass is 285 g/mol. The van der Waals surface area contributed by atoms with Gasteiger partial charge in [-0.1, -0.05) is 29.8 Å². The van der Waals surface area contributed by atoms with Gasteiger partial charge in [-0.05, 0) is 35.7 Å². The smallest absolute Gasteiger partial charge is 0.221 e. The number of aryl methyl sites for hydroxylation is 1. The molecule has 0 aliphatic rings. The van der Waals surface area contributed by atoms with Crippen molar-refractivity contribution in [3.8, 4) is 11.1 Å². The van der Waals surface area contributed by atoms with Crippen LogP contribution in [0.15, 0.2) is 36.4 Å². The Morgan fingerprint density at radius 3 is 2.19 bits per heavy atom. The second-order valence-corrected chi connectivity index (χ2v) is 5.03. The third-order valence-corrected chi connectivity index (χ3v) is 3.34. The van der Waals surface area contributed by atoms with E-state index in [4.69, 9.17) is 0 Å². The summed E-state index contributed by atoms with van der Waals surface area (Å²) < 4.78 is 0. The minimum Gasteiger partial charge on any atom is -0.392 e. The van der Waals surface area contributed by atoms with Crippen molar-refractivity contribution in [3.05, 3.63) is 53.1 Å². The molecule has 0 atom stereocenters. The molecule has 0 bridgehead atoms. The van der Waals surface area contributed by atoms with Gasteiger partial charge in [-0.15, -0.1) is 0 Å². The van der Waals surface area contributed by atoms with Gasteiger partial charge in [0.05, 0.1) is 13.2 Å². The predicted molar refractivity (Wildman–Crippen MR) is 82.8 cm³/mol. The Hall–Kier alpha value is -2.17. The molecule has 1 amide bonds. The molecule has 0 radical (unpaired) electrons. The molecular weight excluding hydrogens is 266 g/mol.